The van der Waals surface area contributed by atoms with E-state index in [2.05, 4.69) is 4.90 Å². The highest BCUT2D eigenvalue weighted by molar-refractivity contribution is 6.31. The summed E-state index contributed by atoms with van der Waals surface area (Å²) in [6, 6.07) is 5.33. The van der Waals surface area contributed by atoms with Gasteiger partial charge < -0.3 is 10.0 Å². The molecule has 4 heteroatoms. The van der Waals surface area contributed by atoms with E-state index in [9.17, 15) is 9.90 Å². The molecule has 3 nitrogen and oxygen atoms in total. The smallest absolute Gasteiger partial charge is 0.152 e. The average Bonchev–Trinajstić information content (AvgIpc) is 2.26. The maximum Gasteiger partial charge on any atom is 0.152 e. The summed E-state index contributed by atoms with van der Waals surface area (Å²) in [5.74, 6) is 0.519. The van der Waals surface area contributed by atoms with Crippen LogP contribution in [0.5, 0.6) is 0 Å². The molecule has 0 atom stereocenters. The number of benzene rings is 1. The molecule has 2 rings (SSSR count). The van der Waals surface area contributed by atoms with Crippen LogP contribution in [0.4, 0.5) is 5.69 Å². The molecule has 1 aromatic rings. The maximum absolute atomic E-state index is 11.0. The van der Waals surface area contributed by atoms with Crippen LogP contribution >= 0.6 is 11.6 Å². The van der Waals surface area contributed by atoms with Crippen LogP contribution in [-0.2, 0) is 0 Å². The standard InChI is InChI=1S/C13H16ClNO2/c1-15(7-9-4-12(17)5-9)13-3-2-11(14)6-10(13)8-16/h2-3,6,8-9,12,17H,4-5,7H2,1H3. The summed E-state index contributed by atoms with van der Waals surface area (Å²) in [6.45, 7) is 0.861. The first kappa shape index (κ1) is 12.4. The van der Waals surface area contributed by atoms with E-state index in [0.717, 1.165) is 31.4 Å². The summed E-state index contributed by atoms with van der Waals surface area (Å²) in [6.07, 6.45) is 2.40. The molecule has 0 heterocycles. The van der Waals surface area contributed by atoms with Crippen LogP contribution in [0.3, 0.4) is 0 Å². The minimum atomic E-state index is -0.135. The molecule has 0 saturated heterocycles. The fourth-order valence-corrected chi connectivity index (χ4v) is 2.48. The number of aliphatic hydroxyl groups is 1. The second-order valence-corrected chi connectivity index (χ2v) is 5.13. The number of aliphatic hydroxyl groups excluding tert-OH is 1. The predicted octanol–water partition coefficient (Wildman–Crippen LogP) is 2.36. The van der Waals surface area contributed by atoms with Crippen LogP contribution in [-0.4, -0.2) is 31.1 Å². The van der Waals surface area contributed by atoms with Gasteiger partial charge in [0, 0.05) is 29.9 Å². The second kappa shape index (κ2) is 5.07. The van der Waals surface area contributed by atoms with Gasteiger partial charge in [-0.25, -0.2) is 0 Å². The largest absolute Gasteiger partial charge is 0.393 e. The number of anilines is 1. The Morgan fingerprint density at radius 1 is 1.53 bits per heavy atom. The Hall–Kier alpha value is -1.06. The van der Waals surface area contributed by atoms with Gasteiger partial charge in [0.2, 0.25) is 0 Å². The molecule has 1 N–H and O–H groups in total. The van der Waals surface area contributed by atoms with Crippen LogP contribution < -0.4 is 4.90 Å². The normalized spacial score (nSPS) is 23.0. The SMILES string of the molecule is CN(CC1CC(O)C1)c1ccc(Cl)cc1C=O. The molecule has 17 heavy (non-hydrogen) atoms. The Labute approximate surface area is 106 Å². The number of carbonyl (C=O) groups excluding carboxylic acids is 1. The third kappa shape index (κ3) is 2.79. The molecular formula is C13H16ClNO2. The van der Waals surface area contributed by atoms with E-state index in [1.165, 1.54) is 0 Å². The lowest BCUT2D eigenvalue weighted by atomic mass is 9.82. The van der Waals surface area contributed by atoms with E-state index in [0.29, 0.717) is 16.5 Å². The Morgan fingerprint density at radius 3 is 2.82 bits per heavy atom. The van der Waals surface area contributed by atoms with Crippen molar-refractivity contribution in [3.8, 4) is 0 Å². The van der Waals surface area contributed by atoms with Crippen LogP contribution in [0.25, 0.3) is 0 Å². The zero-order chi connectivity index (χ0) is 12.4. The quantitative estimate of drug-likeness (QED) is 0.838. The van der Waals surface area contributed by atoms with Crippen LogP contribution in [0.15, 0.2) is 18.2 Å². The molecule has 0 bridgehead atoms. The second-order valence-electron chi connectivity index (χ2n) is 4.69. The lowest BCUT2D eigenvalue weighted by molar-refractivity contribution is 0.0464. The lowest BCUT2D eigenvalue weighted by Gasteiger charge is -2.35. The number of rotatable bonds is 4. The Bertz CT molecular complexity index is 416. The van der Waals surface area contributed by atoms with Gasteiger partial charge in [-0.05, 0) is 37.0 Å². The first-order valence-electron chi connectivity index (χ1n) is 5.74. The summed E-state index contributed by atoms with van der Waals surface area (Å²) in [5, 5.41) is 9.82. The maximum atomic E-state index is 11.0. The number of halogens is 1. The Kier molecular flexibility index (Phi) is 3.69. The molecular weight excluding hydrogens is 238 g/mol. The number of hydrogen-bond donors (Lipinski definition) is 1. The molecule has 0 spiro atoms. The van der Waals surface area contributed by atoms with Crippen LogP contribution in [0.1, 0.15) is 23.2 Å². The fourth-order valence-electron chi connectivity index (χ4n) is 2.30. The molecule has 0 unspecified atom stereocenters. The highest BCUT2D eigenvalue weighted by Crippen LogP contribution is 2.30. The Balaban J connectivity index is 2.07. The number of nitrogens with zero attached hydrogens (tertiary/aromatic N) is 1. The molecule has 1 aliphatic carbocycles. The molecule has 0 aromatic heterocycles. The summed E-state index contributed by atoms with van der Waals surface area (Å²) in [5.41, 5.74) is 1.51. The molecule has 1 fully saturated rings. The van der Waals surface area contributed by atoms with E-state index < -0.39 is 0 Å². The first-order chi connectivity index (χ1) is 8.10. The van der Waals surface area contributed by atoms with Gasteiger partial charge in [-0.2, -0.15) is 0 Å². The zero-order valence-electron chi connectivity index (χ0n) is 9.77. The topological polar surface area (TPSA) is 40.5 Å². The molecule has 1 aromatic carbocycles. The van der Waals surface area contributed by atoms with Crippen molar-refractivity contribution in [1.82, 2.24) is 0 Å². The molecule has 92 valence electrons. The van der Waals surface area contributed by atoms with E-state index in [1.54, 1.807) is 12.1 Å². The van der Waals surface area contributed by atoms with Gasteiger partial charge in [0.25, 0.3) is 0 Å². The lowest BCUT2D eigenvalue weighted by Crippen LogP contribution is -2.37. The van der Waals surface area contributed by atoms with Gasteiger partial charge in [0.1, 0.15) is 0 Å². The molecule has 0 amide bonds. The van der Waals surface area contributed by atoms with Crippen molar-refractivity contribution in [1.29, 1.82) is 0 Å². The van der Waals surface area contributed by atoms with Gasteiger partial charge in [-0.3, -0.25) is 4.79 Å². The summed E-state index contributed by atoms with van der Waals surface area (Å²) in [7, 11) is 1.96. The van der Waals surface area contributed by atoms with Gasteiger partial charge in [0.15, 0.2) is 6.29 Å². The van der Waals surface area contributed by atoms with Crippen molar-refractivity contribution < 1.29 is 9.90 Å². The van der Waals surface area contributed by atoms with Crippen LogP contribution in [0, 0.1) is 5.92 Å². The van der Waals surface area contributed by atoms with Gasteiger partial charge >= 0.3 is 0 Å². The highest BCUT2D eigenvalue weighted by atomic mass is 35.5. The number of carbonyl (C=O) groups is 1. The summed E-state index contributed by atoms with van der Waals surface area (Å²) in [4.78, 5) is 13.0. The van der Waals surface area contributed by atoms with Crippen LogP contribution in [0.2, 0.25) is 5.02 Å². The molecule has 1 aliphatic rings. The van der Waals surface area contributed by atoms with Crippen molar-refractivity contribution in [3.63, 3.8) is 0 Å². The van der Waals surface area contributed by atoms with Crippen molar-refractivity contribution in [2.45, 2.75) is 18.9 Å². The van der Waals surface area contributed by atoms with Gasteiger partial charge in [-0.15, -0.1) is 0 Å². The minimum absolute atomic E-state index is 0.135. The predicted molar refractivity (Wildman–Crippen MR) is 68.8 cm³/mol. The summed E-state index contributed by atoms with van der Waals surface area (Å²) >= 11 is 5.85. The van der Waals surface area contributed by atoms with Crippen molar-refractivity contribution in [2.24, 2.45) is 5.92 Å². The number of hydrogen-bond acceptors (Lipinski definition) is 3. The Morgan fingerprint density at radius 2 is 2.24 bits per heavy atom. The van der Waals surface area contributed by atoms with Crippen molar-refractivity contribution in [2.75, 3.05) is 18.5 Å². The number of aldehydes is 1. The van der Waals surface area contributed by atoms with E-state index in [-0.39, 0.29) is 6.10 Å². The molecule has 0 aliphatic heterocycles. The third-order valence-electron chi connectivity index (χ3n) is 3.27. The molecule has 0 radical (unpaired) electrons. The van der Waals surface area contributed by atoms with Crippen molar-refractivity contribution >= 4 is 23.6 Å². The fraction of sp³-hybridized carbons (Fsp3) is 0.462. The zero-order valence-corrected chi connectivity index (χ0v) is 10.5. The van der Waals surface area contributed by atoms with E-state index in [1.807, 2.05) is 13.1 Å². The third-order valence-corrected chi connectivity index (χ3v) is 3.51. The van der Waals surface area contributed by atoms with E-state index >= 15 is 0 Å². The summed E-state index contributed by atoms with van der Waals surface area (Å²) < 4.78 is 0. The minimum Gasteiger partial charge on any atom is -0.393 e. The highest BCUT2D eigenvalue weighted by Gasteiger charge is 2.28. The first-order valence-corrected chi connectivity index (χ1v) is 6.12. The monoisotopic (exact) mass is 253 g/mol. The van der Waals surface area contributed by atoms with Gasteiger partial charge in [0.05, 0.1) is 6.10 Å². The molecule has 1 saturated carbocycles. The average molecular weight is 254 g/mol. The van der Waals surface area contributed by atoms with Crippen molar-refractivity contribution in [3.05, 3.63) is 28.8 Å². The van der Waals surface area contributed by atoms with Gasteiger partial charge in [-0.1, -0.05) is 11.6 Å². The van der Waals surface area contributed by atoms with E-state index in [4.69, 9.17) is 11.6 Å².